The molecule has 1 saturated carbocycles. The molecule has 2 rings (SSSR count). The molecule has 1 aliphatic carbocycles. The fraction of sp³-hybridized carbons (Fsp3) is 0.933. The minimum atomic E-state index is -0.370. The zero-order valence-electron chi connectivity index (χ0n) is 12.8. The lowest BCUT2D eigenvalue weighted by Crippen LogP contribution is -2.68. The van der Waals surface area contributed by atoms with Crippen molar-refractivity contribution in [3.8, 4) is 0 Å². The van der Waals surface area contributed by atoms with Crippen LogP contribution in [0.5, 0.6) is 0 Å². The van der Waals surface area contributed by atoms with Crippen molar-refractivity contribution >= 4 is 6.09 Å². The number of ether oxygens (including phenoxy) is 1. The van der Waals surface area contributed by atoms with Crippen LogP contribution in [0.4, 0.5) is 4.79 Å². The molecule has 4 atom stereocenters. The van der Waals surface area contributed by atoms with E-state index in [0.29, 0.717) is 30.0 Å². The highest BCUT2D eigenvalue weighted by atomic mass is 16.5. The van der Waals surface area contributed by atoms with E-state index in [0.717, 1.165) is 19.3 Å². The maximum absolute atomic E-state index is 12.5. The number of piperidine rings is 1. The van der Waals surface area contributed by atoms with Crippen LogP contribution in [-0.4, -0.2) is 54.1 Å². The quantitative estimate of drug-likeness (QED) is 0.773. The van der Waals surface area contributed by atoms with Crippen LogP contribution in [-0.2, 0) is 4.74 Å². The average Bonchev–Trinajstić information content (AvgIpc) is 2.99. The van der Waals surface area contributed by atoms with Crippen LogP contribution in [0.2, 0.25) is 0 Å². The smallest absolute Gasteiger partial charge is 0.423 e. The molecule has 5 heteroatoms. The second-order valence-electron chi connectivity index (χ2n) is 6.54. The van der Waals surface area contributed by atoms with Crippen LogP contribution >= 0.6 is 0 Å². The maximum Gasteiger partial charge on any atom is 0.516 e. The van der Waals surface area contributed by atoms with Crippen molar-refractivity contribution in [1.29, 1.82) is 0 Å². The number of nitrogens with zero attached hydrogens (tertiary/aromatic N) is 1. The number of hydrogen-bond donors (Lipinski definition) is 2. The van der Waals surface area contributed by atoms with Crippen LogP contribution in [0, 0.1) is 5.92 Å². The van der Waals surface area contributed by atoms with Gasteiger partial charge in [0.25, 0.3) is 0 Å². The number of quaternary nitrogens is 1. The topological polar surface area (TPSA) is 72.5 Å². The Hall–Kier alpha value is -0.650. The summed E-state index contributed by atoms with van der Waals surface area (Å²) in [6, 6.07) is 0.287. The summed E-state index contributed by atoms with van der Waals surface area (Å²) in [5, 5.41) is 10.2. The Morgan fingerprint density at radius 2 is 2.05 bits per heavy atom. The van der Waals surface area contributed by atoms with E-state index in [1.165, 1.54) is 20.0 Å². The van der Waals surface area contributed by atoms with Gasteiger partial charge in [-0.2, -0.15) is 4.79 Å². The Kier molecular flexibility index (Phi) is 5.04. The first kappa shape index (κ1) is 15.7. The Balaban J connectivity index is 2.26. The molecule has 0 radical (unpaired) electrons. The Morgan fingerprint density at radius 3 is 2.60 bits per heavy atom. The summed E-state index contributed by atoms with van der Waals surface area (Å²) in [4.78, 5) is 12.5. The SMILES string of the molecule is CCC(O)C1CC(N)C[N+](C(=O)OC)(C2CCCC2)C1. The number of carbonyl (C=O) groups excluding carboxylic acids is 1. The molecule has 1 amide bonds. The van der Waals surface area contributed by atoms with Crippen LogP contribution < -0.4 is 5.73 Å². The summed E-state index contributed by atoms with van der Waals surface area (Å²) < 4.78 is 5.44. The van der Waals surface area contributed by atoms with Gasteiger partial charge >= 0.3 is 6.09 Å². The molecule has 1 saturated heterocycles. The van der Waals surface area contributed by atoms with Gasteiger partial charge in [0.15, 0.2) is 0 Å². The second kappa shape index (κ2) is 6.41. The molecular formula is C15H29N2O3+. The van der Waals surface area contributed by atoms with E-state index in [9.17, 15) is 9.90 Å². The van der Waals surface area contributed by atoms with Crippen molar-refractivity contribution < 1.29 is 19.1 Å². The van der Waals surface area contributed by atoms with E-state index < -0.39 is 0 Å². The summed E-state index contributed by atoms with van der Waals surface area (Å²) in [6.07, 6.45) is 5.47. The minimum absolute atomic E-state index is 0.0327. The number of likely N-dealkylation sites (tertiary alicyclic amines) is 1. The normalized spacial score (nSPS) is 36.8. The zero-order valence-corrected chi connectivity index (χ0v) is 12.8. The summed E-state index contributed by atoms with van der Waals surface area (Å²) in [5.74, 6) is 0.100. The van der Waals surface area contributed by atoms with Gasteiger partial charge in [-0.3, -0.25) is 0 Å². The van der Waals surface area contributed by atoms with E-state index in [4.69, 9.17) is 10.5 Å². The number of methoxy groups -OCH3 is 1. The summed E-state index contributed by atoms with van der Waals surface area (Å²) in [6.45, 7) is 3.32. The average molecular weight is 285 g/mol. The summed E-state index contributed by atoms with van der Waals surface area (Å²) in [7, 11) is 1.46. The lowest BCUT2D eigenvalue weighted by atomic mass is 9.86. The van der Waals surface area contributed by atoms with Gasteiger partial charge in [0.2, 0.25) is 0 Å². The Labute approximate surface area is 121 Å². The minimum Gasteiger partial charge on any atom is -0.423 e. The maximum atomic E-state index is 12.5. The third-order valence-corrected chi connectivity index (χ3v) is 5.25. The molecule has 0 spiro atoms. The fourth-order valence-electron chi connectivity index (χ4n) is 4.24. The number of hydrogen-bond acceptors (Lipinski definition) is 4. The van der Waals surface area contributed by atoms with Gasteiger partial charge in [0.05, 0.1) is 31.8 Å². The second-order valence-corrected chi connectivity index (χ2v) is 6.54. The molecular weight excluding hydrogens is 256 g/mol. The Morgan fingerprint density at radius 1 is 1.40 bits per heavy atom. The van der Waals surface area contributed by atoms with Gasteiger partial charge < -0.3 is 15.6 Å². The lowest BCUT2D eigenvalue weighted by molar-refractivity contribution is -0.891. The standard InChI is InChI=1S/C15H29N2O3/c1-3-14(18)11-8-12(16)10-17(9-11,15(19)20-2)13-6-4-5-7-13/h11-14,18H,3-10,16H2,1-2H3/q+1. The molecule has 1 heterocycles. The zero-order chi connectivity index (χ0) is 14.8. The lowest BCUT2D eigenvalue weighted by Gasteiger charge is -2.47. The fourth-order valence-corrected chi connectivity index (χ4v) is 4.24. The van der Waals surface area contributed by atoms with E-state index >= 15 is 0 Å². The molecule has 1 aliphatic heterocycles. The number of aliphatic hydroxyl groups is 1. The molecule has 0 bridgehead atoms. The number of rotatable bonds is 3. The first-order valence-electron chi connectivity index (χ1n) is 7.92. The third-order valence-electron chi connectivity index (χ3n) is 5.25. The van der Waals surface area contributed by atoms with E-state index in [2.05, 4.69) is 0 Å². The third kappa shape index (κ3) is 2.85. The van der Waals surface area contributed by atoms with Crippen molar-refractivity contribution in [2.24, 2.45) is 11.7 Å². The number of amides is 1. The molecule has 116 valence electrons. The molecule has 2 fully saturated rings. The number of carbonyl (C=O) groups is 1. The molecule has 0 aromatic rings. The van der Waals surface area contributed by atoms with Gasteiger partial charge in [-0.15, -0.1) is 0 Å². The number of nitrogens with two attached hydrogens (primary N) is 1. The Bertz CT molecular complexity index is 344. The first-order valence-corrected chi connectivity index (χ1v) is 7.92. The molecule has 5 nitrogen and oxygen atoms in total. The van der Waals surface area contributed by atoms with Crippen molar-refractivity contribution in [2.75, 3.05) is 20.2 Å². The van der Waals surface area contributed by atoms with Crippen LogP contribution in [0.1, 0.15) is 45.4 Å². The van der Waals surface area contributed by atoms with E-state index in [1.54, 1.807) is 0 Å². The highest BCUT2D eigenvalue weighted by Crippen LogP contribution is 2.36. The molecule has 0 aromatic heterocycles. The monoisotopic (exact) mass is 285 g/mol. The predicted octanol–water partition coefficient (Wildman–Crippen LogP) is 1.63. The van der Waals surface area contributed by atoms with Crippen LogP contribution in [0.25, 0.3) is 0 Å². The van der Waals surface area contributed by atoms with Crippen molar-refractivity contribution in [3.63, 3.8) is 0 Å². The van der Waals surface area contributed by atoms with Gasteiger partial charge in [-0.1, -0.05) is 6.92 Å². The molecule has 4 unspecified atom stereocenters. The molecule has 3 N–H and O–H groups in total. The summed E-state index contributed by atoms with van der Waals surface area (Å²) in [5.41, 5.74) is 6.22. The highest BCUT2D eigenvalue weighted by Gasteiger charge is 2.52. The van der Waals surface area contributed by atoms with Crippen LogP contribution in [0.3, 0.4) is 0 Å². The van der Waals surface area contributed by atoms with Gasteiger partial charge in [0, 0.05) is 18.8 Å². The van der Waals surface area contributed by atoms with Gasteiger partial charge in [-0.25, -0.2) is 4.48 Å². The van der Waals surface area contributed by atoms with Crippen molar-refractivity contribution in [2.45, 2.75) is 63.6 Å². The van der Waals surface area contributed by atoms with E-state index in [1.807, 2.05) is 6.92 Å². The largest absolute Gasteiger partial charge is 0.516 e. The first-order chi connectivity index (χ1) is 9.53. The van der Waals surface area contributed by atoms with Crippen molar-refractivity contribution in [3.05, 3.63) is 0 Å². The van der Waals surface area contributed by atoms with E-state index in [-0.39, 0.29) is 24.2 Å². The van der Waals surface area contributed by atoms with Gasteiger partial charge in [-0.05, 0) is 25.7 Å². The predicted molar refractivity (Wildman–Crippen MR) is 77.0 cm³/mol. The molecule has 2 aliphatic rings. The molecule has 0 aromatic carbocycles. The summed E-state index contributed by atoms with van der Waals surface area (Å²) >= 11 is 0. The highest BCUT2D eigenvalue weighted by molar-refractivity contribution is 5.60. The molecule has 20 heavy (non-hydrogen) atoms. The van der Waals surface area contributed by atoms with Gasteiger partial charge in [0.1, 0.15) is 6.54 Å². The van der Waals surface area contributed by atoms with Crippen molar-refractivity contribution in [1.82, 2.24) is 0 Å². The number of aliphatic hydroxyl groups excluding tert-OH is 1. The van der Waals surface area contributed by atoms with Crippen LogP contribution in [0.15, 0.2) is 0 Å².